The smallest absolute Gasteiger partial charge is 0.180 e. The Kier molecular flexibility index (Phi) is 1.75. The summed E-state index contributed by atoms with van der Waals surface area (Å²) in [7, 11) is 0. The molecule has 2 rings (SSSR count). The highest BCUT2D eigenvalue weighted by atomic mass is 19.1. The Bertz CT molecular complexity index is 243. The molecule has 2 N–H and O–H groups in total. The molecule has 4 heteroatoms. The molecule has 0 aromatic heterocycles. The van der Waals surface area contributed by atoms with Crippen LogP contribution >= 0.6 is 0 Å². The molecule has 2 aliphatic rings. The zero-order valence-electron chi connectivity index (χ0n) is 6.83. The first-order valence-corrected chi connectivity index (χ1v) is 4.17. The van der Waals surface area contributed by atoms with Crippen molar-refractivity contribution in [2.24, 2.45) is 16.6 Å². The van der Waals surface area contributed by atoms with Gasteiger partial charge in [-0.2, -0.15) is 0 Å². The van der Waals surface area contributed by atoms with Crippen LogP contribution in [0.3, 0.4) is 0 Å². The normalized spacial score (nSPS) is 23.6. The topological polar surface area (TPSA) is 41.6 Å². The van der Waals surface area contributed by atoms with E-state index < -0.39 is 5.83 Å². The van der Waals surface area contributed by atoms with Gasteiger partial charge in [0.05, 0.1) is 0 Å². The minimum atomic E-state index is -0.401. The number of halogens is 1. The summed E-state index contributed by atoms with van der Waals surface area (Å²) in [5, 5.41) is 0. The van der Waals surface area contributed by atoms with Crippen LogP contribution < -0.4 is 5.73 Å². The molecule has 0 unspecified atom stereocenters. The first-order chi connectivity index (χ1) is 5.75. The summed E-state index contributed by atoms with van der Waals surface area (Å²) >= 11 is 0. The Morgan fingerprint density at radius 1 is 1.67 bits per heavy atom. The molecule has 0 atom stereocenters. The Balaban J connectivity index is 1.94. The second kappa shape index (κ2) is 2.77. The summed E-state index contributed by atoms with van der Waals surface area (Å²) in [4.78, 5) is 5.73. The van der Waals surface area contributed by atoms with Crippen molar-refractivity contribution < 1.29 is 4.39 Å². The van der Waals surface area contributed by atoms with Gasteiger partial charge in [0.25, 0.3) is 0 Å². The third kappa shape index (κ3) is 1.57. The Morgan fingerprint density at radius 3 is 3.00 bits per heavy atom. The molecule has 0 radical (unpaired) electrons. The van der Waals surface area contributed by atoms with Crippen molar-refractivity contribution in [3.63, 3.8) is 0 Å². The lowest BCUT2D eigenvalue weighted by Gasteiger charge is -2.21. The lowest BCUT2D eigenvalue weighted by Crippen LogP contribution is -2.28. The molecule has 0 amide bonds. The molecule has 12 heavy (non-hydrogen) atoms. The van der Waals surface area contributed by atoms with Crippen molar-refractivity contribution in [3.05, 3.63) is 12.0 Å². The molecular weight excluding hydrogens is 157 g/mol. The Labute approximate surface area is 70.8 Å². The van der Waals surface area contributed by atoms with Crippen LogP contribution in [0, 0.1) is 5.92 Å². The van der Waals surface area contributed by atoms with E-state index >= 15 is 0 Å². The summed E-state index contributed by atoms with van der Waals surface area (Å²) < 4.78 is 12.9. The third-order valence-electron chi connectivity index (χ3n) is 2.15. The number of nitrogens with two attached hydrogens (primary N) is 1. The standard InChI is InChI=1S/C8H12FN3/c9-7-4-12(3-6-1-2-6)5-11-8(7)10/h4,6H,1-3,5H2,(H2,10,11). The van der Waals surface area contributed by atoms with Gasteiger partial charge in [-0.15, -0.1) is 0 Å². The summed E-state index contributed by atoms with van der Waals surface area (Å²) in [6.07, 6.45) is 4.00. The molecule has 0 saturated heterocycles. The SMILES string of the molecule is NC1=NCN(CC2CC2)C=C1F. The van der Waals surface area contributed by atoms with Gasteiger partial charge >= 0.3 is 0 Å². The van der Waals surface area contributed by atoms with Gasteiger partial charge in [0, 0.05) is 12.7 Å². The van der Waals surface area contributed by atoms with Crippen molar-refractivity contribution in [3.8, 4) is 0 Å². The minimum Gasteiger partial charge on any atom is -0.381 e. The maximum atomic E-state index is 12.9. The van der Waals surface area contributed by atoms with Crippen molar-refractivity contribution in [2.75, 3.05) is 13.2 Å². The second-order valence-corrected chi connectivity index (χ2v) is 3.38. The average molecular weight is 169 g/mol. The summed E-state index contributed by atoms with van der Waals surface area (Å²) in [6.45, 7) is 1.43. The molecule has 0 aromatic rings. The van der Waals surface area contributed by atoms with E-state index in [9.17, 15) is 4.39 Å². The van der Waals surface area contributed by atoms with Gasteiger partial charge in [-0.05, 0) is 18.8 Å². The van der Waals surface area contributed by atoms with Gasteiger partial charge in [-0.3, -0.25) is 0 Å². The first kappa shape index (κ1) is 7.58. The van der Waals surface area contributed by atoms with E-state index in [4.69, 9.17) is 5.73 Å². The molecule has 0 bridgehead atoms. The molecule has 1 saturated carbocycles. The number of hydrogen-bond acceptors (Lipinski definition) is 3. The second-order valence-electron chi connectivity index (χ2n) is 3.38. The van der Waals surface area contributed by atoms with Gasteiger partial charge < -0.3 is 10.6 Å². The number of nitrogens with zero attached hydrogens (tertiary/aromatic N) is 2. The van der Waals surface area contributed by atoms with E-state index in [2.05, 4.69) is 4.99 Å². The van der Waals surface area contributed by atoms with Crippen LogP contribution in [0.25, 0.3) is 0 Å². The van der Waals surface area contributed by atoms with Crippen LogP contribution in [0.5, 0.6) is 0 Å². The van der Waals surface area contributed by atoms with Crippen LogP contribution in [-0.4, -0.2) is 23.9 Å². The van der Waals surface area contributed by atoms with Gasteiger partial charge in [0.15, 0.2) is 11.7 Å². The fourth-order valence-corrected chi connectivity index (χ4v) is 1.25. The number of rotatable bonds is 2. The van der Waals surface area contributed by atoms with E-state index in [-0.39, 0.29) is 5.84 Å². The van der Waals surface area contributed by atoms with Crippen LogP contribution in [0.2, 0.25) is 0 Å². The van der Waals surface area contributed by atoms with Crippen molar-refractivity contribution in [2.45, 2.75) is 12.8 Å². The maximum absolute atomic E-state index is 12.9. The predicted molar refractivity (Wildman–Crippen MR) is 45.1 cm³/mol. The van der Waals surface area contributed by atoms with Crippen molar-refractivity contribution in [1.82, 2.24) is 4.90 Å². The highest BCUT2D eigenvalue weighted by Gasteiger charge is 2.24. The summed E-state index contributed by atoms with van der Waals surface area (Å²) in [6, 6.07) is 0. The predicted octanol–water partition coefficient (Wildman–Crippen LogP) is 0.838. The number of amidine groups is 1. The molecule has 1 heterocycles. The fourth-order valence-electron chi connectivity index (χ4n) is 1.25. The highest BCUT2D eigenvalue weighted by Crippen LogP contribution is 2.30. The molecule has 1 aliphatic carbocycles. The number of hydrogen-bond donors (Lipinski definition) is 1. The quantitative estimate of drug-likeness (QED) is 0.665. The molecule has 1 fully saturated rings. The largest absolute Gasteiger partial charge is 0.381 e. The molecule has 66 valence electrons. The lowest BCUT2D eigenvalue weighted by molar-refractivity contribution is 0.355. The van der Waals surface area contributed by atoms with Crippen molar-refractivity contribution >= 4 is 5.84 Å². The summed E-state index contributed by atoms with van der Waals surface area (Å²) in [5.41, 5.74) is 5.27. The third-order valence-corrected chi connectivity index (χ3v) is 2.15. The van der Waals surface area contributed by atoms with E-state index in [0.717, 1.165) is 12.5 Å². The van der Waals surface area contributed by atoms with Gasteiger partial charge in [-0.25, -0.2) is 9.38 Å². The van der Waals surface area contributed by atoms with Crippen LogP contribution in [0.15, 0.2) is 17.0 Å². The lowest BCUT2D eigenvalue weighted by atomic mass is 10.3. The Hall–Kier alpha value is -1.06. The minimum absolute atomic E-state index is 0.0297. The zero-order valence-corrected chi connectivity index (χ0v) is 6.83. The molecule has 3 nitrogen and oxygen atoms in total. The van der Waals surface area contributed by atoms with Crippen LogP contribution in [-0.2, 0) is 0 Å². The van der Waals surface area contributed by atoms with E-state index in [1.54, 1.807) is 0 Å². The number of aliphatic imine (C=N–C) groups is 1. The Morgan fingerprint density at radius 2 is 2.42 bits per heavy atom. The van der Waals surface area contributed by atoms with Gasteiger partial charge in [0.1, 0.15) is 6.67 Å². The molecule has 0 aromatic carbocycles. The van der Waals surface area contributed by atoms with E-state index in [0.29, 0.717) is 6.67 Å². The van der Waals surface area contributed by atoms with Gasteiger partial charge in [0.2, 0.25) is 0 Å². The summed E-state index contributed by atoms with van der Waals surface area (Å²) in [5.74, 6) is 0.382. The molecular formula is C8H12FN3. The zero-order chi connectivity index (χ0) is 8.55. The average Bonchev–Trinajstić information content (AvgIpc) is 2.81. The molecule has 1 aliphatic heterocycles. The van der Waals surface area contributed by atoms with Crippen LogP contribution in [0.1, 0.15) is 12.8 Å². The monoisotopic (exact) mass is 169 g/mol. The maximum Gasteiger partial charge on any atom is 0.180 e. The fraction of sp³-hybridized carbons (Fsp3) is 0.625. The van der Waals surface area contributed by atoms with Gasteiger partial charge in [-0.1, -0.05) is 0 Å². The van der Waals surface area contributed by atoms with Crippen molar-refractivity contribution in [1.29, 1.82) is 0 Å². The highest BCUT2D eigenvalue weighted by molar-refractivity contribution is 5.95. The van der Waals surface area contributed by atoms with E-state index in [1.165, 1.54) is 19.0 Å². The van der Waals surface area contributed by atoms with E-state index in [1.807, 2.05) is 4.90 Å². The first-order valence-electron chi connectivity index (χ1n) is 4.17. The van der Waals surface area contributed by atoms with Crippen LogP contribution in [0.4, 0.5) is 4.39 Å². The molecule has 0 spiro atoms.